The van der Waals surface area contributed by atoms with Gasteiger partial charge in [0.15, 0.2) is 12.2 Å². The van der Waals surface area contributed by atoms with Gasteiger partial charge in [-0.3, -0.25) is 37.3 Å². The second kappa shape index (κ2) is 75.7. The minimum absolute atomic E-state index is 0.107. The highest BCUT2D eigenvalue weighted by molar-refractivity contribution is 7.47. The first kappa shape index (κ1) is 104. The van der Waals surface area contributed by atoms with Crippen LogP contribution in [0.2, 0.25) is 0 Å². The molecule has 0 radical (unpaired) electrons. The molecule has 3 N–H and O–H groups in total. The van der Waals surface area contributed by atoms with Crippen LogP contribution in [0.3, 0.4) is 0 Å². The number of ether oxygens (including phenoxy) is 4. The Morgan fingerprint density at radius 3 is 0.670 bits per heavy atom. The number of carbonyl (C=O) groups excluding carboxylic acids is 4. The van der Waals surface area contributed by atoms with Crippen molar-refractivity contribution in [2.24, 2.45) is 23.7 Å². The number of hydrogen-bond donors (Lipinski definition) is 3. The fraction of sp³-hybridized carbons (Fsp3) is 0.954. The van der Waals surface area contributed by atoms with Crippen LogP contribution in [0.1, 0.15) is 453 Å². The van der Waals surface area contributed by atoms with E-state index in [2.05, 4.69) is 55.4 Å². The first-order chi connectivity index (χ1) is 51.2. The number of hydrogen-bond acceptors (Lipinski definition) is 15. The van der Waals surface area contributed by atoms with E-state index in [4.69, 9.17) is 37.0 Å². The van der Waals surface area contributed by atoms with Crippen molar-refractivity contribution in [2.45, 2.75) is 472 Å². The molecule has 0 aromatic heterocycles. The van der Waals surface area contributed by atoms with Crippen LogP contribution in [-0.4, -0.2) is 96.7 Å². The lowest BCUT2D eigenvalue weighted by atomic mass is 9.99. The zero-order valence-corrected chi connectivity index (χ0v) is 71.9. The monoisotopic (exact) mass is 1550 g/mol. The van der Waals surface area contributed by atoms with Gasteiger partial charge in [-0.05, 0) is 49.4 Å². The Bertz CT molecular complexity index is 2060. The molecular weight excluding hydrogens is 1380 g/mol. The summed E-state index contributed by atoms with van der Waals surface area (Å²) in [5.74, 6) is 1.11. The van der Waals surface area contributed by atoms with E-state index >= 15 is 0 Å². The first-order valence-corrected chi connectivity index (χ1v) is 47.8. The highest BCUT2D eigenvalue weighted by Gasteiger charge is 2.31. The molecule has 8 atom stereocenters. The van der Waals surface area contributed by atoms with Gasteiger partial charge in [0.25, 0.3) is 0 Å². The second-order valence-corrected chi connectivity index (χ2v) is 35.4. The van der Waals surface area contributed by atoms with Gasteiger partial charge < -0.3 is 33.8 Å². The maximum atomic E-state index is 13.1. The number of phosphoric acid groups is 2. The van der Waals surface area contributed by atoms with E-state index in [1.165, 1.54) is 250 Å². The predicted molar refractivity (Wildman–Crippen MR) is 437 cm³/mol. The topological polar surface area (TPSA) is 237 Å². The highest BCUT2D eigenvalue weighted by Crippen LogP contribution is 2.45. The van der Waals surface area contributed by atoms with Gasteiger partial charge >= 0.3 is 39.5 Å². The van der Waals surface area contributed by atoms with Crippen LogP contribution >= 0.6 is 15.6 Å². The van der Waals surface area contributed by atoms with E-state index in [0.717, 1.165) is 120 Å². The quantitative estimate of drug-likeness (QED) is 0.0222. The molecule has 19 heteroatoms. The van der Waals surface area contributed by atoms with Crippen LogP contribution in [0, 0.1) is 23.7 Å². The number of aliphatic hydroxyl groups excluding tert-OH is 1. The predicted octanol–water partition coefficient (Wildman–Crippen LogP) is 26.3. The van der Waals surface area contributed by atoms with Gasteiger partial charge in [-0.25, -0.2) is 9.13 Å². The Hall–Kier alpha value is -1.94. The molecule has 0 saturated heterocycles. The molecule has 0 heterocycles. The van der Waals surface area contributed by atoms with Gasteiger partial charge in [0.1, 0.15) is 19.3 Å². The minimum Gasteiger partial charge on any atom is -0.462 e. The number of carbonyl (C=O) groups is 4. The standard InChI is InChI=1S/C87H170O17P2/c1-9-78(6)64-56-48-40-34-28-24-20-16-12-14-18-22-26-30-36-43-53-61-69-86(91)103-82(73-97-84(89)67-59-51-42-38-32-33-39-47-55-63-77(4)5)75-101-105(93,94)99-71-81(88)72-100-106(95,96)102-76-83(74-98-85(90)68-60-52-46-45-50-58-66-80(8)11-3)104-87(92)70-62-54-44-37-31-27-23-19-15-13-17-21-25-29-35-41-49-57-65-79(7)10-2/h77-83,88H,9-76H2,1-8H3,(H,93,94)(H,95,96)/t78?,79?,80?,81-,82-,83-/m1/s1. The van der Waals surface area contributed by atoms with E-state index in [1.54, 1.807) is 0 Å². The highest BCUT2D eigenvalue weighted by atomic mass is 31.2. The number of esters is 4. The van der Waals surface area contributed by atoms with Gasteiger partial charge in [0.05, 0.1) is 26.4 Å². The Labute approximate surface area is 651 Å². The lowest BCUT2D eigenvalue weighted by Gasteiger charge is -2.21. The summed E-state index contributed by atoms with van der Waals surface area (Å²) in [6, 6.07) is 0. The van der Waals surface area contributed by atoms with Gasteiger partial charge in [0.2, 0.25) is 0 Å². The Kier molecular flexibility index (Phi) is 74.3. The molecule has 0 fully saturated rings. The number of aliphatic hydroxyl groups is 1. The molecule has 0 aromatic rings. The maximum absolute atomic E-state index is 13.1. The summed E-state index contributed by atoms with van der Waals surface area (Å²) in [4.78, 5) is 73.2. The normalized spacial score (nSPS) is 14.7. The third-order valence-electron chi connectivity index (χ3n) is 21.4. The van der Waals surface area contributed by atoms with Gasteiger partial charge in [-0.1, -0.05) is 402 Å². The lowest BCUT2D eigenvalue weighted by Crippen LogP contribution is -2.30. The van der Waals surface area contributed by atoms with Crippen LogP contribution in [0.4, 0.5) is 0 Å². The molecule has 0 rings (SSSR count). The molecule has 0 bridgehead atoms. The van der Waals surface area contributed by atoms with Crippen molar-refractivity contribution in [3.63, 3.8) is 0 Å². The molecule has 0 saturated carbocycles. The van der Waals surface area contributed by atoms with Crippen molar-refractivity contribution in [2.75, 3.05) is 39.6 Å². The van der Waals surface area contributed by atoms with Crippen molar-refractivity contribution in [1.29, 1.82) is 0 Å². The Morgan fingerprint density at radius 1 is 0.264 bits per heavy atom. The second-order valence-electron chi connectivity index (χ2n) is 32.5. The summed E-state index contributed by atoms with van der Waals surface area (Å²) in [6.07, 6.45) is 65.4. The molecule has 0 aliphatic carbocycles. The molecule has 17 nitrogen and oxygen atoms in total. The van der Waals surface area contributed by atoms with Crippen LogP contribution in [-0.2, 0) is 65.4 Å². The molecule has 0 spiro atoms. The van der Waals surface area contributed by atoms with Crippen molar-refractivity contribution in [3.05, 3.63) is 0 Å². The van der Waals surface area contributed by atoms with Crippen molar-refractivity contribution in [1.82, 2.24) is 0 Å². The van der Waals surface area contributed by atoms with Crippen LogP contribution < -0.4 is 0 Å². The summed E-state index contributed by atoms with van der Waals surface area (Å²) >= 11 is 0. The third kappa shape index (κ3) is 76.1. The smallest absolute Gasteiger partial charge is 0.462 e. The summed E-state index contributed by atoms with van der Waals surface area (Å²) in [5, 5.41) is 10.7. The molecule has 5 unspecified atom stereocenters. The van der Waals surface area contributed by atoms with Crippen molar-refractivity contribution >= 4 is 39.5 Å². The molecule has 0 aliphatic rings. The molecule has 0 amide bonds. The molecule has 106 heavy (non-hydrogen) atoms. The van der Waals surface area contributed by atoms with Crippen LogP contribution in [0.5, 0.6) is 0 Å². The Morgan fingerprint density at radius 2 is 0.453 bits per heavy atom. The largest absolute Gasteiger partial charge is 0.472 e. The summed E-state index contributed by atoms with van der Waals surface area (Å²) in [7, 11) is -9.93. The van der Waals surface area contributed by atoms with Crippen LogP contribution in [0.15, 0.2) is 0 Å². The minimum atomic E-state index is -4.97. The van der Waals surface area contributed by atoms with Gasteiger partial charge in [-0.15, -0.1) is 0 Å². The van der Waals surface area contributed by atoms with Crippen molar-refractivity contribution < 1.29 is 80.2 Å². The molecular formula is C87H170O17P2. The van der Waals surface area contributed by atoms with Gasteiger partial charge in [0, 0.05) is 25.7 Å². The summed E-state index contributed by atoms with van der Waals surface area (Å²) in [5.41, 5.74) is 0. The zero-order valence-electron chi connectivity index (χ0n) is 70.1. The average molecular weight is 1550 g/mol. The van der Waals surface area contributed by atoms with E-state index < -0.39 is 97.5 Å². The van der Waals surface area contributed by atoms with E-state index in [1.807, 2.05) is 0 Å². The fourth-order valence-corrected chi connectivity index (χ4v) is 15.0. The summed E-state index contributed by atoms with van der Waals surface area (Å²) in [6.45, 7) is 14.4. The van der Waals surface area contributed by atoms with Gasteiger partial charge in [-0.2, -0.15) is 0 Å². The zero-order chi connectivity index (χ0) is 78.1. The third-order valence-corrected chi connectivity index (χ3v) is 23.3. The Balaban J connectivity index is 5.16. The van der Waals surface area contributed by atoms with Crippen LogP contribution in [0.25, 0.3) is 0 Å². The maximum Gasteiger partial charge on any atom is 0.472 e. The average Bonchev–Trinajstić information content (AvgIpc) is 0.902. The summed E-state index contributed by atoms with van der Waals surface area (Å²) < 4.78 is 68.9. The number of rotatable bonds is 84. The van der Waals surface area contributed by atoms with E-state index in [9.17, 15) is 43.2 Å². The number of phosphoric ester groups is 2. The number of unbranched alkanes of at least 4 members (excludes halogenated alkanes) is 47. The molecule has 630 valence electrons. The van der Waals surface area contributed by atoms with E-state index in [0.29, 0.717) is 25.7 Å². The first-order valence-electron chi connectivity index (χ1n) is 44.8. The van der Waals surface area contributed by atoms with Crippen molar-refractivity contribution in [3.8, 4) is 0 Å². The molecule has 0 aliphatic heterocycles. The fourth-order valence-electron chi connectivity index (χ4n) is 13.4. The van der Waals surface area contributed by atoms with E-state index in [-0.39, 0.29) is 25.7 Å². The lowest BCUT2D eigenvalue weighted by molar-refractivity contribution is -0.161. The molecule has 0 aromatic carbocycles. The SMILES string of the molecule is CCC(C)CCCCCCCCCCCCCCCCCCCCC(=O)O[C@H](COC(=O)CCCCCCCCCCCC(C)C)COP(=O)(O)OC[C@@H](O)COP(=O)(O)OC[C@@H](COC(=O)CCCCCCCCC(C)CC)OC(=O)CCCCCCCCCCCCCCCCCCCCC(C)CC.